The van der Waals surface area contributed by atoms with Gasteiger partial charge in [0, 0.05) is 12.8 Å². The van der Waals surface area contributed by atoms with Crippen molar-refractivity contribution >= 4 is 25.7 Å². The number of carbonyl (C=O) groups is 3. The Morgan fingerprint density at radius 3 is 1.65 bits per heavy atom. The predicted octanol–water partition coefficient (Wildman–Crippen LogP) is 5.66. The number of nitrogens with one attached hydrogen (secondary N) is 1. The van der Waals surface area contributed by atoms with Crippen LogP contribution in [-0.4, -0.2) is 64.9 Å². The number of aliphatic carboxylic acids is 1. The van der Waals surface area contributed by atoms with Crippen molar-refractivity contribution < 1.29 is 47.8 Å². The highest BCUT2D eigenvalue weighted by Crippen LogP contribution is 2.43. The third kappa shape index (κ3) is 24.3. The number of carbonyl (C=O) groups excluding carboxylic acids is 2. The van der Waals surface area contributed by atoms with Crippen LogP contribution in [0.1, 0.15) is 129 Å². The molecule has 12 heteroatoms. The lowest BCUT2D eigenvalue weighted by molar-refractivity contribution is -0.147. The van der Waals surface area contributed by atoms with E-state index in [0.717, 1.165) is 44.9 Å². The van der Waals surface area contributed by atoms with E-state index in [4.69, 9.17) is 4.74 Å². The van der Waals surface area contributed by atoms with Crippen molar-refractivity contribution in [1.29, 1.82) is 0 Å². The van der Waals surface area contributed by atoms with Gasteiger partial charge < -0.3 is 25.2 Å². The number of hydrogen-bond acceptors (Lipinski definition) is 8. The quantitative estimate of drug-likeness (QED) is 0.0503. The number of rotatable bonds is 28. The van der Waals surface area contributed by atoms with Crippen molar-refractivity contribution in [3.8, 4) is 0 Å². The molecule has 0 radical (unpaired) electrons. The summed E-state index contributed by atoms with van der Waals surface area (Å²) in [4.78, 5) is 45.0. The zero-order valence-electron chi connectivity index (χ0n) is 24.7. The van der Waals surface area contributed by atoms with Crippen LogP contribution >= 0.6 is 7.82 Å². The minimum absolute atomic E-state index is 0.144. The van der Waals surface area contributed by atoms with Crippen LogP contribution < -0.4 is 5.32 Å². The summed E-state index contributed by atoms with van der Waals surface area (Å²) in [6, 6.07) is -1.53. The molecule has 0 aliphatic rings. The number of aliphatic hydroxyl groups excluding tert-OH is 1. The van der Waals surface area contributed by atoms with Gasteiger partial charge in [-0.2, -0.15) is 0 Å². The highest BCUT2D eigenvalue weighted by Gasteiger charge is 2.28. The van der Waals surface area contributed by atoms with Gasteiger partial charge in [-0.3, -0.25) is 18.6 Å². The fourth-order valence-electron chi connectivity index (χ4n) is 3.96. The summed E-state index contributed by atoms with van der Waals surface area (Å²) in [5.74, 6) is -2.39. The number of hydrogen-bond donors (Lipinski definition) is 4. The highest BCUT2D eigenvalue weighted by molar-refractivity contribution is 7.47. The predicted molar refractivity (Wildman–Crippen MR) is 153 cm³/mol. The monoisotopic (exact) mass is 595 g/mol. The van der Waals surface area contributed by atoms with Gasteiger partial charge in [-0.1, -0.05) is 104 Å². The molecule has 11 nitrogen and oxygen atoms in total. The number of unbranched alkanes of at least 4 members (excludes halogenated alkanes) is 14. The molecule has 0 bridgehead atoms. The summed E-state index contributed by atoms with van der Waals surface area (Å²) in [7, 11) is -4.72. The van der Waals surface area contributed by atoms with Gasteiger partial charge in [-0.05, 0) is 12.8 Å². The maximum Gasteiger partial charge on any atom is 0.472 e. The fourth-order valence-corrected chi connectivity index (χ4v) is 4.73. The summed E-state index contributed by atoms with van der Waals surface area (Å²) in [5, 5.41) is 21.4. The lowest BCUT2D eigenvalue weighted by Gasteiger charge is -2.18. The molecule has 3 atom stereocenters. The minimum atomic E-state index is -4.72. The van der Waals surface area contributed by atoms with Gasteiger partial charge in [0.1, 0.15) is 12.7 Å². The molecule has 0 fully saturated rings. The number of aliphatic hydroxyl groups is 1. The topological polar surface area (TPSA) is 169 Å². The van der Waals surface area contributed by atoms with E-state index in [0.29, 0.717) is 12.8 Å². The molecule has 0 saturated carbocycles. The van der Waals surface area contributed by atoms with Crippen LogP contribution in [0.2, 0.25) is 0 Å². The maximum absolute atomic E-state index is 12.1. The smallest absolute Gasteiger partial charge is 0.472 e. The summed E-state index contributed by atoms with van der Waals surface area (Å²) < 4.78 is 26.4. The lowest BCUT2D eigenvalue weighted by atomic mass is 10.1. The second kappa shape index (κ2) is 25.2. The van der Waals surface area contributed by atoms with E-state index < -0.39 is 57.6 Å². The summed E-state index contributed by atoms with van der Waals surface area (Å²) >= 11 is 0. The first-order valence-electron chi connectivity index (χ1n) is 15.1. The standard InChI is InChI=1S/C28H54NO10P/c1-3-5-7-9-10-11-12-13-14-16-18-20-27(32)37-21-24(30)22-38-40(35,36)39-23-25(28(33)34)29-26(31)19-17-15-8-6-4-2/h24-25,30H,3-23H2,1-2H3,(H,29,31)(H,33,34)(H,35,36). The van der Waals surface area contributed by atoms with E-state index in [1.54, 1.807) is 0 Å². The zero-order chi connectivity index (χ0) is 30.1. The normalized spacial score (nSPS) is 14.3. The van der Waals surface area contributed by atoms with E-state index in [1.165, 1.54) is 44.9 Å². The van der Waals surface area contributed by atoms with E-state index >= 15 is 0 Å². The summed E-state index contributed by atoms with van der Waals surface area (Å²) in [6.07, 6.45) is 16.4. The number of carboxylic acid groups (broad SMARTS) is 1. The molecule has 0 aromatic carbocycles. The van der Waals surface area contributed by atoms with Crippen LogP contribution in [0.5, 0.6) is 0 Å². The van der Waals surface area contributed by atoms with Gasteiger partial charge in [0.25, 0.3) is 0 Å². The number of phosphoric acid groups is 1. The lowest BCUT2D eigenvalue weighted by Crippen LogP contribution is -2.43. The molecular weight excluding hydrogens is 541 g/mol. The van der Waals surface area contributed by atoms with Crippen LogP contribution in [0.15, 0.2) is 0 Å². The molecule has 3 unspecified atom stereocenters. The molecule has 40 heavy (non-hydrogen) atoms. The Morgan fingerprint density at radius 1 is 0.700 bits per heavy atom. The number of phosphoric ester groups is 1. The van der Waals surface area contributed by atoms with E-state index in [1.807, 2.05) is 0 Å². The summed E-state index contributed by atoms with van der Waals surface area (Å²) in [6.45, 7) is 2.41. The van der Waals surface area contributed by atoms with Crippen LogP contribution in [0.25, 0.3) is 0 Å². The first kappa shape index (κ1) is 38.5. The first-order valence-corrected chi connectivity index (χ1v) is 16.6. The second-order valence-electron chi connectivity index (χ2n) is 10.3. The van der Waals surface area contributed by atoms with Crippen LogP contribution in [0, 0.1) is 0 Å². The number of carboxylic acids is 1. The SMILES string of the molecule is CCCCCCCCCCCCCC(=O)OCC(O)COP(=O)(O)OCC(NC(=O)CCCCCCC)C(=O)O. The Bertz CT molecular complexity index is 721. The first-order chi connectivity index (χ1) is 19.1. The maximum atomic E-state index is 12.1. The average Bonchev–Trinajstić information content (AvgIpc) is 2.91. The highest BCUT2D eigenvalue weighted by atomic mass is 31.2. The minimum Gasteiger partial charge on any atom is -0.480 e. The van der Waals surface area contributed by atoms with Crippen LogP contribution in [0.3, 0.4) is 0 Å². The molecule has 0 saturated heterocycles. The molecule has 236 valence electrons. The van der Waals surface area contributed by atoms with E-state index in [2.05, 4.69) is 28.2 Å². The van der Waals surface area contributed by atoms with Gasteiger partial charge in [0.05, 0.1) is 13.2 Å². The average molecular weight is 596 g/mol. The van der Waals surface area contributed by atoms with Gasteiger partial charge >= 0.3 is 19.8 Å². The van der Waals surface area contributed by atoms with Crippen LogP contribution in [0.4, 0.5) is 0 Å². The van der Waals surface area contributed by atoms with Gasteiger partial charge in [0.15, 0.2) is 6.04 Å². The molecule has 4 N–H and O–H groups in total. The van der Waals surface area contributed by atoms with E-state index in [-0.39, 0.29) is 12.8 Å². The Hall–Kier alpha value is -1.52. The van der Waals surface area contributed by atoms with Crippen LogP contribution in [-0.2, 0) is 32.7 Å². The number of esters is 1. The van der Waals surface area contributed by atoms with Crippen molar-refractivity contribution in [1.82, 2.24) is 5.32 Å². The third-order valence-electron chi connectivity index (χ3n) is 6.40. The number of amides is 1. The fraction of sp³-hybridized carbons (Fsp3) is 0.893. The molecule has 1 amide bonds. The van der Waals surface area contributed by atoms with Gasteiger partial charge in [0.2, 0.25) is 5.91 Å². The van der Waals surface area contributed by atoms with Crippen molar-refractivity contribution in [2.45, 2.75) is 142 Å². The Kier molecular flexibility index (Phi) is 24.3. The number of ether oxygens (including phenoxy) is 1. The third-order valence-corrected chi connectivity index (χ3v) is 7.35. The molecule has 0 aromatic rings. The second-order valence-corrected chi connectivity index (χ2v) is 11.8. The Labute approximate surface area is 240 Å². The largest absolute Gasteiger partial charge is 0.480 e. The molecular formula is C28H54NO10P. The molecule has 0 aliphatic carbocycles. The molecule has 0 heterocycles. The van der Waals surface area contributed by atoms with Gasteiger partial charge in [-0.25, -0.2) is 9.36 Å². The van der Waals surface area contributed by atoms with Crippen molar-refractivity contribution in [3.05, 3.63) is 0 Å². The van der Waals surface area contributed by atoms with Crippen molar-refractivity contribution in [3.63, 3.8) is 0 Å². The van der Waals surface area contributed by atoms with E-state index in [9.17, 15) is 34.1 Å². The summed E-state index contributed by atoms with van der Waals surface area (Å²) in [5.41, 5.74) is 0. The zero-order valence-corrected chi connectivity index (χ0v) is 25.5. The van der Waals surface area contributed by atoms with Crippen molar-refractivity contribution in [2.24, 2.45) is 0 Å². The molecule has 0 rings (SSSR count). The Balaban J connectivity index is 4.01. The van der Waals surface area contributed by atoms with Crippen molar-refractivity contribution in [2.75, 3.05) is 19.8 Å². The molecule has 0 spiro atoms. The molecule has 0 aliphatic heterocycles. The Morgan fingerprint density at radius 2 is 1.15 bits per heavy atom. The van der Waals surface area contributed by atoms with Gasteiger partial charge in [-0.15, -0.1) is 0 Å². The molecule has 0 aromatic heterocycles.